The molecule has 7 heteroatoms. The molecule has 148 valence electrons. The molecule has 2 aliphatic heterocycles. The number of nitrogens with zero attached hydrogens (tertiary/aromatic N) is 3. The minimum atomic E-state index is 0.0156. The van der Waals surface area contributed by atoms with Crippen molar-refractivity contribution in [1.29, 1.82) is 0 Å². The van der Waals surface area contributed by atoms with Crippen LogP contribution in [0.25, 0.3) is 0 Å². The van der Waals surface area contributed by atoms with Gasteiger partial charge in [0.1, 0.15) is 5.76 Å². The van der Waals surface area contributed by atoms with Gasteiger partial charge < -0.3 is 18.9 Å². The van der Waals surface area contributed by atoms with Crippen LogP contribution in [0.15, 0.2) is 22.7 Å². The highest BCUT2D eigenvalue weighted by atomic mass is 16.7. The van der Waals surface area contributed by atoms with Gasteiger partial charge >= 0.3 is 0 Å². The van der Waals surface area contributed by atoms with Gasteiger partial charge in [0.15, 0.2) is 17.2 Å². The number of carbonyl (C=O) groups is 1. The van der Waals surface area contributed by atoms with Crippen molar-refractivity contribution in [1.82, 2.24) is 15.0 Å². The van der Waals surface area contributed by atoms with Gasteiger partial charge in [-0.1, -0.05) is 18.1 Å². The van der Waals surface area contributed by atoms with Crippen LogP contribution in [0.4, 0.5) is 0 Å². The van der Waals surface area contributed by atoms with E-state index in [-0.39, 0.29) is 5.91 Å². The van der Waals surface area contributed by atoms with Gasteiger partial charge in [0.25, 0.3) is 5.91 Å². The molecule has 0 radical (unpaired) electrons. The fourth-order valence-electron chi connectivity index (χ4n) is 4.30. The van der Waals surface area contributed by atoms with Crippen LogP contribution in [0.1, 0.15) is 40.7 Å². The molecule has 1 unspecified atom stereocenters. The van der Waals surface area contributed by atoms with Crippen molar-refractivity contribution < 1.29 is 18.8 Å². The zero-order chi connectivity index (χ0) is 19.1. The maximum atomic E-state index is 13.0. The first-order valence-electron chi connectivity index (χ1n) is 10.0. The van der Waals surface area contributed by atoms with Crippen molar-refractivity contribution >= 4 is 5.91 Å². The lowest BCUT2D eigenvalue weighted by molar-refractivity contribution is 0.0617. The fraction of sp³-hybridized carbons (Fsp3) is 0.524. The Labute approximate surface area is 164 Å². The molecule has 1 aliphatic carbocycles. The molecule has 1 saturated heterocycles. The van der Waals surface area contributed by atoms with E-state index >= 15 is 0 Å². The Morgan fingerprint density at radius 2 is 2.00 bits per heavy atom. The van der Waals surface area contributed by atoms with E-state index in [0.717, 1.165) is 61.7 Å². The third-order valence-electron chi connectivity index (χ3n) is 5.99. The van der Waals surface area contributed by atoms with Crippen LogP contribution in [0, 0.1) is 5.92 Å². The monoisotopic (exact) mass is 383 g/mol. The lowest BCUT2D eigenvalue weighted by Gasteiger charge is -2.34. The summed E-state index contributed by atoms with van der Waals surface area (Å²) in [4.78, 5) is 17.3. The van der Waals surface area contributed by atoms with E-state index in [4.69, 9.17) is 14.0 Å². The molecule has 0 saturated carbocycles. The van der Waals surface area contributed by atoms with Gasteiger partial charge in [-0.2, -0.15) is 0 Å². The van der Waals surface area contributed by atoms with E-state index in [2.05, 4.69) is 23.0 Å². The maximum Gasteiger partial charge on any atom is 0.276 e. The number of benzene rings is 1. The first-order chi connectivity index (χ1) is 13.7. The Morgan fingerprint density at radius 1 is 1.18 bits per heavy atom. The molecule has 1 atom stereocenters. The first-order valence-corrected chi connectivity index (χ1v) is 10.0. The molecule has 7 nitrogen and oxygen atoms in total. The van der Waals surface area contributed by atoms with Crippen LogP contribution < -0.4 is 9.47 Å². The van der Waals surface area contributed by atoms with E-state index in [9.17, 15) is 4.79 Å². The van der Waals surface area contributed by atoms with Crippen LogP contribution in [-0.4, -0.2) is 53.8 Å². The molecule has 0 spiro atoms. The Morgan fingerprint density at radius 3 is 2.86 bits per heavy atom. The molecule has 3 heterocycles. The lowest BCUT2D eigenvalue weighted by atomic mass is 9.88. The van der Waals surface area contributed by atoms with Gasteiger partial charge in [-0.3, -0.25) is 9.69 Å². The van der Waals surface area contributed by atoms with Crippen molar-refractivity contribution in [3.63, 3.8) is 0 Å². The summed E-state index contributed by atoms with van der Waals surface area (Å²) in [5.41, 5.74) is 2.76. The third-order valence-corrected chi connectivity index (χ3v) is 5.99. The van der Waals surface area contributed by atoms with E-state index in [1.165, 1.54) is 5.56 Å². The average Bonchev–Trinajstić information content (AvgIpc) is 3.34. The predicted molar refractivity (Wildman–Crippen MR) is 101 cm³/mol. The summed E-state index contributed by atoms with van der Waals surface area (Å²) in [7, 11) is 0. The van der Waals surface area contributed by atoms with Crippen molar-refractivity contribution in [2.45, 2.75) is 32.7 Å². The number of piperazine rings is 1. The Hall–Kier alpha value is -2.54. The molecule has 0 bridgehead atoms. The van der Waals surface area contributed by atoms with Crippen LogP contribution in [0.5, 0.6) is 11.5 Å². The van der Waals surface area contributed by atoms with Crippen LogP contribution in [0.2, 0.25) is 0 Å². The maximum absolute atomic E-state index is 13.0. The normalized spacial score (nSPS) is 21.6. The van der Waals surface area contributed by atoms with Crippen molar-refractivity contribution in [2.24, 2.45) is 5.92 Å². The number of hydrogen-bond donors (Lipinski definition) is 0. The van der Waals surface area contributed by atoms with Crippen LogP contribution in [0.3, 0.4) is 0 Å². The summed E-state index contributed by atoms with van der Waals surface area (Å²) < 4.78 is 16.3. The van der Waals surface area contributed by atoms with Crippen molar-refractivity contribution in [3.05, 3.63) is 40.8 Å². The van der Waals surface area contributed by atoms with Crippen molar-refractivity contribution in [3.8, 4) is 11.5 Å². The summed E-state index contributed by atoms with van der Waals surface area (Å²) in [6.07, 6.45) is 2.89. The van der Waals surface area contributed by atoms with Gasteiger partial charge in [-0.05, 0) is 36.5 Å². The van der Waals surface area contributed by atoms with Crippen LogP contribution >= 0.6 is 0 Å². The van der Waals surface area contributed by atoms with Gasteiger partial charge in [-0.15, -0.1) is 0 Å². The second-order valence-electron chi connectivity index (χ2n) is 8.04. The molecule has 1 aromatic carbocycles. The summed E-state index contributed by atoms with van der Waals surface area (Å²) in [5.74, 6) is 3.13. The zero-order valence-electron chi connectivity index (χ0n) is 16.1. The number of fused-ring (bicyclic) bond motifs is 2. The Bertz CT molecular complexity index is 886. The van der Waals surface area contributed by atoms with Gasteiger partial charge in [-0.25, -0.2) is 0 Å². The Kier molecular flexibility index (Phi) is 4.47. The average molecular weight is 383 g/mol. The summed E-state index contributed by atoms with van der Waals surface area (Å²) in [6.45, 7) is 6.47. The molecule has 5 rings (SSSR count). The molecule has 28 heavy (non-hydrogen) atoms. The molecule has 3 aliphatic rings. The predicted octanol–water partition coefficient (Wildman–Crippen LogP) is 2.49. The lowest BCUT2D eigenvalue weighted by Crippen LogP contribution is -2.48. The molecule has 2 aromatic rings. The quantitative estimate of drug-likeness (QED) is 0.811. The topological polar surface area (TPSA) is 68.0 Å². The molecule has 1 amide bonds. The molecular formula is C21H25N3O4. The standard InChI is InChI=1S/C21H25N3O4/c1-14-2-4-17-16(10-14)20(22-28-17)21(25)24-8-6-23(7-9-24)12-15-3-5-18-19(11-15)27-13-26-18/h3,5,11,14H,2,4,6-10,12-13H2,1H3. The number of aromatic nitrogens is 1. The zero-order valence-corrected chi connectivity index (χ0v) is 16.1. The highest BCUT2D eigenvalue weighted by Crippen LogP contribution is 2.33. The fourth-order valence-corrected chi connectivity index (χ4v) is 4.30. The smallest absolute Gasteiger partial charge is 0.276 e. The molecule has 1 fully saturated rings. The first kappa shape index (κ1) is 17.6. The largest absolute Gasteiger partial charge is 0.454 e. The molecular weight excluding hydrogens is 358 g/mol. The number of ether oxygens (including phenoxy) is 2. The van der Waals surface area contributed by atoms with Gasteiger partial charge in [0.2, 0.25) is 6.79 Å². The summed E-state index contributed by atoms with van der Waals surface area (Å²) in [6, 6.07) is 6.09. The number of hydrogen-bond acceptors (Lipinski definition) is 6. The number of rotatable bonds is 3. The third kappa shape index (κ3) is 3.24. The minimum Gasteiger partial charge on any atom is -0.454 e. The minimum absolute atomic E-state index is 0.0156. The van der Waals surface area contributed by atoms with Gasteiger partial charge in [0, 0.05) is 44.7 Å². The highest BCUT2D eigenvalue weighted by molar-refractivity contribution is 5.94. The van der Waals surface area contributed by atoms with E-state index in [1.807, 2.05) is 17.0 Å². The number of aryl methyl sites for hydroxylation is 1. The second-order valence-corrected chi connectivity index (χ2v) is 8.04. The Balaban J connectivity index is 1.20. The second kappa shape index (κ2) is 7.13. The van der Waals surface area contributed by atoms with Crippen LogP contribution in [-0.2, 0) is 19.4 Å². The van der Waals surface area contributed by atoms with Crippen molar-refractivity contribution in [2.75, 3.05) is 33.0 Å². The van der Waals surface area contributed by atoms with E-state index in [0.29, 0.717) is 31.5 Å². The highest BCUT2D eigenvalue weighted by Gasteiger charge is 2.31. The number of carbonyl (C=O) groups excluding carboxylic acids is 1. The number of amides is 1. The van der Waals surface area contributed by atoms with Gasteiger partial charge in [0.05, 0.1) is 0 Å². The SMILES string of the molecule is CC1CCc2onc(C(=O)N3CCN(Cc4ccc5c(c4)OCO5)CC3)c2C1. The van der Waals surface area contributed by atoms with E-state index in [1.54, 1.807) is 0 Å². The van der Waals surface area contributed by atoms with E-state index < -0.39 is 0 Å². The summed E-state index contributed by atoms with van der Waals surface area (Å²) >= 11 is 0. The molecule has 1 aromatic heterocycles. The summed E-state index contributed by atoms with van der Waals surface area (Å²) in [5, 5.41) is 4.12. The molecule has 0 N–H and O–H groups in total.